The highest BCUT2D eigenvalue weighted by molar-refractivity contribution is 7.11. The molecule has 0 radical (unpaired) electrons. The van der Waals surface area contributed by atoms with Gasteiger partial charge in [0.1, 0.15) is 10.8 Å². The van der Waals surface area contributed by atoms with Gasteiger partial charge in [-0.1, -0.05) is 11.6 Å². The van der Waals surface area contributed by atoms with Gasteiger partial charge in [0.15, 0.2) is 10.8 Å². The monoisotopic (exact) mass is 364 g/mol. The van der Waals surface area contributed by atoms with E-state index in [4.69, 9.17) is 11.6 Å². The van der Waals surface area contributed by atoms with E-state index in [0.717, 1.165) is 18.3 Å². The maximum Gasteiger partial charge on any atom is 0.443 e. The first-order valence-corrected chi connectivity index (χ1v) is 6.37. The van der Waals surface area contributed by atoms with Crippen molar-refractivity contribution in [2.45, 2.75) is 12.7 Å². The summed E-state index contributed by atoms with van der Waals surface area (Å²) in [5, 5.41) is 0.888. The Hall–Kier alpha value is -1.12. The lowest BCUT2D eigenvalue weighted by molar-refractivity contribution is -0.137. The number of benzene rings is 1. The number of thiazole rings is 1. The second-order valence-corrected chi connectivity index (χ2v) is 5.20. The van der Waals surface area contributed by atoms with E-state index in [2.05, 4.69) is 10.3 Å². The molecule has 0 fully saturated rings. The fourth-order valence-electron chi connectivity index (χ4n) is 1.37. The minimum absolute atomic E-state index is 0. The number of alkyl halides is 3. The molecular weight excluding hydrogens is 358 g/mol. The molecule has 1 aromatic heterocycles. The van der Waals surface area contributed by atoms with Crippen molar-refractivity contribution in [1.82, 2.24) is 4.98 Å². The third kappa shape index (κ3) is 4.18. The number of hydrogen-bond acceptors (Lipinski definition) is 3. The van der Waals surface area contributed by atoms with Gasteiger partial charge in [-0.15, -0.1) is 23.7 Å². The van der Waals surface area contributed by atoms with Crippen LogP contribution in [0, 0.1) is 11.6 Å². The summed E-state index contributed by atoms with van der Waals surface area (Å²) in [5.41, 5.74) is -0.0987. The largest absolute Gasteiger partial charge is 0.443 e. The van der Waals surface area contributed by atoms with Gasteiger partial charge in [0, 0.05) is 11.1 Å². The molecular formula is C11H7Cl2F5N2S. The topological polar surface area (TPSA) is 24.9 Å². The number of nitrogens with one attached hydrogen (secondary N) is 1. The first-order valence-electron chi connectivity index (χ1n) is 5.18. The molecule has 0 aliphatic heterocycles. The molecule has 0 aliphatic rings. The minimum atomic E-state index is -4.51. The summed E-state index contributed by atoms with van der Waals surface area (Å²) in [5.74, 6) is -1.90. The second kappa shape index (κ2) is 6.76. The molecule has 0 aliphatic carbocycles. The summed E-state index contributed by atoms with van der Waals surface area (Å²) in [4.78, 5) is 3.49. The summed E-state index contributed by atoms with van der Waals surface area (Å²) in [6.45, 7) is -0.0768. The molecule has 10 heteroatoms. The number of anilines is 1. The van der Waals surface area contributed by atoms with Crippen LogP contribution in [0.4, 0.5) is 27.6 Å². The average molecular weight is 365 g/mol. The lowest BCUT2D eigenvalue weighted by Gasteiger charge is -2.07. The van der Waals surface area contributed by atoms with Crippen molar-refractivity contribution in [2.24, 2.45) is 0 Å². The van der Waals surface area contributed by atoms with Crippen LogP contribution in [-0.4, -0.2) is 4.98 Å². The van der Waals surface area contributed by atoms with Crippen LogP contribution in [0.1, 0.15) is 9.88 Å². The van der Waals surface area contributed by atoms with Crippen LogP contribution >= 0.6 is 35.3 Å². The lowest BCUT2D eigenvalue weighted by atomic mass is 10.3. The standard InChI is InChI=1S/C11H6ClF5N2S.ClH/c12-8-6(13)1-2-7(9(8)14)18-3-5-4-19-10(20-5)11(15,16)17;/h1-2,4,18H,3H2;1H. The zero-order valence-corrected chi connectivity index (χ0v) is 12.4. The quantitative estimate of drug-likeness (QED) is 0.603. The van der Waals surface area contributed by atoms with E-state index in [9.17, 15) is 22.0 Å². The van der Waals surface area contributed by atoms with E-state index in [0.29, 0.717) is 11.3 Å². The first-order chi connectivity index (χ1) is 9.29. The highest BCUT2D eigenvalue weighted by Crippen LogP contribution is 2.33. The van der Waals surface area contributed by atoms with Crippen molar-refractivity contribution in [3.05, 3.63) is 44.9 Å². The first kappa shape index (κ1) is 17.9. The van der Waals surface area contributed by atoms with E-state index in [1.807, 2.05) is 0 Å². The van der Waals surface area contributed by atoms with Gasteiger partial charge in [0.05, 0.1) is 12.2 Å². The molecule has 0 amide bonds. The highest BCUT2D eigenvalue weighted by Gasteiger charge is 2.34. The van der Waals surface area contributed by atoms with Crippen molar-refractivity contribution in [3.8, 4) is 0 Å². The molecule has 0 saturated heterocycles. The summed E-state index contributed by atoms with van der Waals surface area (Å²) < 4.78 is 63.5. The lowest BCUT2D eigenvalue weighted by Crippen LogP contribution is -2.03. The normalized spacial score (nSPS) is 11.1. The van der Waals surface area contributed by atoms with Crippen LogP contribution in [-0.2, 0) is 12.7 Å². The fourth-order valence-corrected chi connectivity index (χ4v) is 2.25. The maximum absolute atomic E-state index is 13.5. The van der Waals surface area contributed by atoms with Crippen molar-refractivity contribution in [3.63, 3.8) is 0 Å². The molecule has 1 heterocycles. The smallest absolute Gasteiger partial charge is 0.378 e. The molecule has 0 saturated carbocycles. The summed E-state index contributed by atoms with van der Waals surface area (Å²) in [6, 6.07) is 2.07. The minimum Gasteiger partial charge on any atom is -0.378 e. The Kier molecular flexibility index (Phi) is 5.77. The molecule has 2 rings (SSSR count). The van der Waals surface area contributed by atoms with Crippen LogP contribution in [0.2, 0.25) is 5.02 Å². The van der Waals surface area contributed by atoms with E-state index < -0.39 is 27.8 Å². The molecule has 2 aromatic rings. The van der Waals surface area contributed by atoms with Crippen LogP contribution in [0.3, 0.4) is 0 Å². The molecule has 1 aromatic carbocycles. The van der Waals surface area contributed by atoms with Gasteiger partial charge in [-0.3, -0.25) is 0 Å². The molecule has 0 atom stereocenters. The molecule has 0 spiro atoms. The summed E-state index contributed by atoms with van der Waals surface area (Å²) in [7, 11) is 0. The Morgan fingerprint density at radius 1 is 1.24 bits per heavy atom. The van der Waals surface area contributed by atoms with E-state index in [-0.39, 0.29) is 29.5 Å². The van der Waals surface area contributed by atoms with Crippen molar-refractivity contribution in [1.29, 1.82) is 0 Å². The van der Waals surface area contributed by atoms with Gasteiger partial charge >= 0.3 is 6.18 Å². The fraction of sp³-hybridized carbons (Fsp3) is 0.182. The summed E-state index contributed by atoms with van der Waals surface area (Å²) in [6.07, 6.45) is -3.46. The van der Waals surface area contributed by atoms with Crippen molar-refractivity contribution >= 4 is 41.0 Å². The number of nitrogens with zero attached hydrogens (tertiary/aromatic N) is 1. The van der Waals surface area contributed by atoms with Crippen molar-refractivity contribution < 1.29 is 22.0 Å². The number of aromatic nitrogens is 1. The van der Waals surface area contributed by atoms with Gasteiger partial charge in [0.2, 0.25) is 0 Å². The average Bonchev–Trinajstić information content (AvgIpc) is 2.84. The molecule has 1 N–H and O–H groups in total. The number of hydrogen-bond donors (Lipinski definition) is 1. The van der Waals surface area contributed by atoms with Gasteiger partial charge in [-0.25, -0.2) is 13.8 Å². The van der Waals surface area contributed by atoms with E-state index >= 15 is 0 Å². The molecule has 0 unspecified atom stereocenters. The summed E-state index contributed by atoms with van der Waals surface area (Å²) >= 11 is 5.82. The Morgan fingerprint density at radius 2 is 1.90 bits per heavy atom. The highest BCUT2D eigenvalue weighted by atomic mass is 35.5. The molecule has 2 nitrogen and oxygen atoms in total. The Balaban J connectivity index is 0.00000220. The number of rotatable bonds is 3. The number of halogens is 7. The zero-order valence-electron chi connectivity index (χ0n) is 9.97. The predicted molar refractivity (Wildman–Crippen MR) is 73.1 cm³/mol. The predicted octanol–water partition coefficient (Wildman–Crippen LogP) is 5.13. The third-order valence-corrected chi connectivity index (χ3v) is 3.67. The Morgan fingerprint density at radius 3 is 2.48 bits per heavy atom. The van der Waals surface area contributed by atoms with Crippen LogP contribution in [0.5, 0.6) is 0 Å². The van der Waals surface area contributed by atoms with E-state index in [1.165, 1.54) is 0 Å². The molecule has 116 valence electrons. The zero-order chi connectivity index (χ0) is 14.9. The Labute approximate surface area is 131 Å². The Bertz CT molecular complexity index is 630. The van der Waals surface area contributed by atoms with Crippen LogP contribution in [0.15, 0.2) is 18.3 Å². The maximum atomic E-state index is 13.5. The SMILES string of the molecule is Cl.Fc1ccc(NCc2cnc(C(F)(F)F)s2)c(F)c1Cl. The molecule has 0 bridgehead atoms. The van der Waals surface area contributed by atoms with Crippen LogP contribution in [0.25, 0.3) is 0 Å². The van der Waals surface area contributed by atoms with Crippen molar-refractivity contribution in [2.75, 3.05) is 5.32 Å². The van der Waals surface area contributed by atoms with Gasteiger partial charge in [-0.2, -0.15) is 13.2 Å². The van der Waals surface area contributed by atoms with Gasteiger partial charge in [-0.05, 0) is 12.1 Å². The molecule has 21 heavy (non-hydrogen) atoms. The van der Waals surface area contributed by atoms with Crippen LogP contribution < -0.4 is 5.32 Å². The van der Waals surface area contributed by atoms with Gasteiger partial charge < -0.3 is 5.32 Å². The van der Waals surface area contributed by atoms with E-state index in [1.54, 1.807) is 0 Å². The second-order valence-electron chi connectivity index (χ2n) is 3.71. The van der Waals surface area contributed by atoms with Gasteiger partial charge in [0.25, 0.3) is 0 Å². The third-order valence-electron chi connectivity index (χ3n) is 2.28.